The standard InChI is InChI=1S/C23H29N3O3.ClH/c1-25(20-9-3-2-4-10-20)22(27)18-7-5-8-19(17-18)23(28)26-14-11-21(12-15-26)29-16-6-13-24;/h2-5,7-10,17,21H,6,11-16,24H2,1H3;1H. The van der Waals surface area contributed by atoms with Gasteiger partial charge in [-0.15, -0.1) is 12.4 Å². The lowest BCUT2D eigenvalue weighted by atomic mass is 10.0. The van der Waals surface area contributed by atoms with Gasteiger partial charge in [0, 0.05) is 43.6 Å². The van der Waals surface area contributed by atoms with Crippen molar-refractivity contribution in [3.8, 4) is 0 Å². The molecule has 1 aliphatic rings. The minimum atomic E-state index is -0.141. The molecule has 1 fully saturated rings. The molecule has 1 heterocycles. The molecule has 3 rings (SSSR count). The molecule has 162 valence electrons. The summed E-state index contributed by atoms with van der Waals surface area (Å²) in [5, 5.41) is 0. The Morgan fingerprint density at radius 1 is 1.07 bits per heavy atom. The zero-order chi connectivity index (χ0) is 20.6. The van der Waals surface area contributed by atoms with Crippen LogP contribution in [-0.2, 0) is 4.74 Å². The van der Waals surface area contributed by atoms with E-state index in [0.29, 0.717) is 37.4 Å². The third-order valence-corrected chi connectivity index (χ3v) is 5.24. The number of para-hydroxylation sites is 1. The maximum absolute atomic E-state index is 12.9. The molecule has 7 heteroatoms. The predicted octanol–water partition coefficient (Wildman–Crippen LogP) is 3.36. The molecule has 2 aromatic rings. The number of halogens is 1. The fraction of sp³-hybridized carbons (Fsp3) is 0.391. The van der Waals surface area contributed by atoms with Gasteiger partial charge in [0.05, 0.1) is 6.10 Å². The Hall–Kier alpha value is -2.41. The monoisotopic (exact) mass is 431 g/mol. The molecule has 0 radical (unpaired) electrons. The normalized spacial score (nSPS) is 14.1. The first-order valence-corrected chi connectivity index (χ1v) is 10.1. The van der Waals surface area contributed by atoms with E-state index in [9.17, 15) is 9.59 Å². The van der Waals surface area contributed by atoms with Crippen LogP contribution in [0.4, 0.5) is 5.69 Å². The summed E-state index contributed by atoms with van der Waals surface area (Å²) in [6.45, 7) is 2.63. The van der Waals surface area contributed by atoms with E-state index in [1.165, 1.54) is 0 Å². The largest absolute Gasteiger partial charge is 0.378 e. The number of ether oxygens (including phenoxy) is 1. The van der Waals surface area contributed by atoms with Crippen LogP contribution in [-0.4, -0.2) is 56.1 Å². The van der Waals surface area contributed by atoms with Crippen molar-refractivity contribution in [3.05, 3.63) is 65.7 Å². The summed E-state index contributed by atoms with van der Waals surface area (Å²) >= 11 is 0. The van der Waals surface area contributed by atoms with Crippen LogP contribution in [0.5, 0.6) is 0 Å². The van der Waals surface area contributed by atoms with Crippen LogP contribution in [0.1, 0.15) is 40.0 Å². The quantitative estimate of drug-likeness (QED) is 0.682. The lowest BCUT2D eigenvalue weighted by Gasteiger charge is -2.32. The van der Waals surface area contributed by atoms with Gasteiger partial charge in [0.15, 0.2) is 0 Å². The molecular weight excluding hydrogens is 402 g/mol. The third kappa shape index (κ3) is 6.05. The van der Waals surface area contributed by atoms with Crippen molar-refractivity contribution in [3.63, 3.8) is 0 Å². The van der Waals surface area contributed by atoms with E-state index in [4.69, 9.17) is 10.5 Å². The Balaban J connectivity index is 0.00000320. The summed E-state index contributed by atoms with van der Waals surface area (Å²) in [4.78, 5) is 29.2. The second-order valence-corrected chi connectivity index (χ2v) is 7.29. The number of benzene rings is 2. The molecule has 2 N–H and O–H groups in total. The van der Waals surface area contributed by atoms with Gasteiger partial charge in [-0.25, -0.2) is 0 Å². The number of nitrogens with two attached hydrogens (primary N) is 1. The number of carbonyl (C=O) groups excluding carboxylic acids is 2. The number of carbonyl (C=O) groups is 2. The van der Waals surface area contributed by atoms with Crippen molar-refractivity contribution in [1.29, 1.82) is 0 Å². The van der Waals surface area contributed by atoms with Gasteiger partial charge in [0.25, 0.3) is 11.8 Å². The lowest BCUT2D eigenvalue weighted by molar-refractivity contribution is 0.00844. The lowest BCUT2D eigenvalue weighted by Crippen LogP contribution is -2.41. The Bertz CT molecular complexity index is 823. The average molecular weight is 432 g/mol. The first kappa shape index (κ1) is 23.9. The van der Waals surface area contributed by atoms with E-state index >= 15 is 0 Å². The molecule has 0 bridgehead atoms. The summed E-state index contributed by atoms with van der Waals surface area (Å²) < 4.78 is 5.81. The number of piperidine rings is 1. The molecule has 1 saturated heterocycles. The summed E-state index contributed by atoms with van der Waals surface area (Å²) in [6, 6.07) is 16.4. The molecule has 2 amide bonds. The van der Waals surface area contributed by atoms with Crippen LogP contribution in [0.25, 0.3) is 0 Å². The molecule has 6 nitrogen and oxygen atoms in total. The number of hydrogen-bond donors (Lipinski definition) is 1. The Kier molecular flexibility index (Phi) is 9.30. The van der Waals surface area contributed by atoms with E-state index in [0.717, 1.165) is 24.9 Å². The topological polar surface area (TPSA) is 75.9 Å². The Labute approximate surface area is 184 Å². The van der Waals surface area contributed by atoms with Crippen LogP contribution in [0, 0.1) is 0 Å². The van der Waals surface area contributed by atoms with Crippen molar-refractivity contribution in [2.24, 2.45) is 5.73 Å². The minimum Gasteiger partial charge on any atom is -0.378 e. The SMILES string of the molecule is CN(C(=O)c1cccc(C(=O)N2CCC(OCCCN)CC2)c1)c1ccccc1.Cl. The van der Waals surface area contributed by atoms with Crippen molar-refractivity contribution in [2.45, 2.75) is 25.4 Å². The van der Waals surface area contributed by atoms with Crippen LogP contribution in [0.15, 0.2) is 54.6 Å². The van der Waals surface area contributed by atoms with Crippen LogP contribution < -0.4 is 10.6 Å². The van der Waals surface area contributed by atoms with Crippen molar-refractivity contribution in [1.82, 2.24) is 4.90 Å². The van der Waals surface area contributed by atoms with Gasteiger partial charge in [-0.2, -0.15) is 0 Å². The summed E-state index contributed by atoms with van der Waals surface area (Å²) in [7, 11) is 1.74. The van der Waals surface area contributed by atoms with E-state index in [1.54, 1.807) is 36.2 Å². The molecule has 0 unspecified atom stereocenters. The molecule has 0 atom stereocenters. The molecule has 2 aromatic carbocycles. The first-order valence-electron chi connectivity index (χ1n) is 10.1. The zero-order valence-electron chi connectivity index (χ0n) is 17.3. The minimum absolute atomic E-state index is 0. The third-order valence-electron chi connectivity index (χ3n) is 5.24. The van der Waals surface area contributed by atoms with Gasteiger partial charge in [-0.1, -0.05) is 24.3 Å². The van der Waals surface area contributed by atoms with Gasteiger partial charge in [0.2, 0.25) is 0 Å². The molecule has 0 spiro atoms. The molecule has 0 saturated carbocycles. The van der Waals surface area contributed by atoms with Gasteiger partial charge < -0.3 is 20.3 Å². The molecule has 1 aliphatic heterocycles. The van der Waals surface area contributed by atoms with Gasteiger partial charge >= 0.3 is 0 Å². The second kappa shape index (κ2) is 11.7. The van der Waals surface area contributed by atoms with Crippen molar-refractivity contribution >= 4 is 29.9 Å². The number of amides is 2. The number of hydrogen-bond acceptors (Lipinski definition) is 4. The van der Waals surface area contributed by atoms with E-state index in [2.05, 4.69) is 0 Å². The number of likely N-dealkylation sites (tertiary alicyclic amines) is 1. The van der Waals surface area contributed by atoms with Crippen LogP contribution in [0.2, 0.25) is 0 Å². The fourth-order valence-electron chi connectivity index (χ4n) is 3.49. The average Bonchev–Trinajstić information content (AvgIpc) is 2.79. The Morgan fingerprint density at radius 3 is 2.40 bits per heavy atom. The second-order valence-electron chi connectivity index (χ2n) is 7.29. The molecular formula is C23H30ClN3O3. The maximum Gasteiger partial charge on any atom is 0.258 e. The smallest absolute Gasteiger partial charge is 0.258 e. The van der Waals surface area contributed by atoms with Gasteiger partial charge in [-0.3, -0.25) is 9.59 Å². The molecule has 0 aliphatic carbocycles. The highest BCUT2D eigenvalue weighted by atomic mass is 35.5. The fourth-order valence-corrected chi connectivity index (χ4v) is 3.49. The van der Waals surface area contributed by atoms with Crippen LogP contribution >= 0.6 is 12.4 Å². The number of anilines is 1. The Morgan fingerprint density at radius 2 is 1.73 bits per heavy atom. The van der Waals surface area contributed by atoms with Gasteiger partial charge in [-0.05, 0) is 56.1 Å². The van der Waals surface area contributed by atoms with E-state index in [1.807, 2.05) is 35.2 Å². The molecule has 0 aromatic heterocycles. The zero-order valence-corrected chi connectivity index (χ0v) is 18.1. The maximum atomic E-state index is 12.9. The summed E-state index contributed by atoms with van der Waals surface area (Å²) in [5.41, 5.74) is 7.35. The van der Waals surface area contributed by atoms with Crippen molar-refractivity contribution in [2.75, 3.05) is 38.2 Å². The van der Waals surface area contributed by atoms with Gasteiger partial charge in [0.1, 0.15) is 0 Å². The first-order chi connectivity index (χ1) is 14.1. The van der Waals surface area contributed by atoms with E-state index in [-0.39, 0.29) is 30.3 Å². The number of rotatable bonds is 7. The highest BCUT2D eigenvalue weighted by Crippen LogP contribution is 2.19. The highest BCUT2D eigenvalue weighted by Gasteiger charge is 2.24. The predicted molar refractivity (Wildman–Crippen MR) is 121 cm³/mol. The summed E-state index contributed by atoms with van der Waals surface area (Å²) in [5.74, 6) is -0.180. The summed E-state index contributed by atoms with van der Waals surface area (Å²) in [6.07, 6.45) is 2.70. The molecule has 30 heavy (non-hydrogen) atoms. The van der Waals surface area contributed by atoms with Crippen LogP contribution in [0.3, 0.4) is 0 Å². The van der Waals surface area contributed by atoms with E-state index < -0.39 is 0 Å². The van der Waals surface area contributed by atoms with Crippen molar-refractivity contribution < 1.29 is 14.3 Å². The number of nitrogens with zero attached hydrogens (tertiary/aromatic N) is 2. The highest BCUT2D eigenvalue weighted by molar-refractivity contribution is 6.07.